The first-order valence-corrected chi connectivity index (χ1v) is 9.31. The van der Waals surface area contributed by atoms with Gasteiger partial charge in [0.25, 0.3) is 0 Å². The first-order chi connectivity index (χ1) is 8.97. The quantitative estimate of drug-likeness (QED) is 0.732. The third-order valence-electron chi connectivity index (χ3n) is 3.78. The third kappa shape index (κ3) is 5.79. The molecular weight excluding hydrogens is 260 g/mol. The normalized spacial score (nSPS) is 22.6. The zero-order valence-corrected chi connectivity index (χ0v) is 13.5. The zero-order valence-electron chi connectivity index (χ0n) is 12.7. The standard InChI is InChI=1S/C14H30N2O2S/c1-4-14-9-6-5-7-11-16(14)19(17,18)12-8-10-15-13(2)3/h13-15H,4-12H2,1-3H3. The maximum Gasteiger partial charge on any atom is 0.214 e. The summed E-state index contributed by atoms with van der Waals surface area (Å²) in [5.74, 6) is 0.281. The van der Waals surface area contributed by atoms with E-state index in [1.807, 2.05) is 0 Å². The predicted octanol–water partition coefficient (Wildman–Crippen LogP) is 2.36. The predicted molar refractivity (Wildman–Crippen MR) is 80.8 cm³/mol. The molecule has 1 unspecified atom stereocenters. The highest BCUT2D eigenvalue weighted by Crippen LogP contribution is 2.22. The Morgan fingerprint density at radius 2 is 2.00 bits per heavy atom. The fraction of sp³-hybridized carbons (Fsp3) is 1.00. The molecule has 0 amide bonds. The van der Waals surface area contributed by atoms with Crippen LogP contribution in [0, 0.1) is 0 Å². The monoisotopic (exact) mass is 290 g/mol. The van der Waals surface area contributed by atoms with Crippen LogP contribution in [0.3, 0.4) is 0 Å². The lowest BCUT2D eigenvalue weighted by Crippen LogP contribution is -2.41. The van der Waals surface area contributed by atoms with Gasteiger partial charge in [-0.3, -0.25) is 0 Å². The lowest BCUT2D eigenvalue weighted by molar-refractivity contribution is 0.314. The molecule has 1 rings (SSSR count). The van der Waals surface area contributed by atoms with E-state index in [0.29, 0.717) is 12.5 Å². The van der Waals surface area contributed by atoms with Crippen molar-refractivity contribution in [2.45, 2.75) is 71.4 Å². The fourth-order valence-corrected chi connectivity index (χ4v) is 4.55. The maximum atomic E-state index is 12.5. The van der Waals surface area contributed by atoms with Crippen molar-refractivity contribution in [1.29, 1.82) is 0 Å². The summed E-state index contributed by atoms with van der Waals surface area (Å²) in [5.41, 5.74) is 0. The van der Waals surface area contributed by atoms with E-state index in [9.17, 15) is 8.42 Å². The second-order valence-corrected chi connectivity index (χ2v) is 7.84. The van der Waals surface area contributed by atoms with Gasteiger partial charge in [-0.15, -0.1) is 0 Å². The van der Waals surface area contributed by atoms with Crippen molar-refractivity contribution in [2.24, 2.45) is 0 Å². The first kappa shape index (κ1) is 16.9. The Hall–Kier alpha value is -0.130. The van der Waals surface area contributed by atoms with Crippen LogP contribution >= 0.6 is 0 Å². The van der Waals surface area contributed by atoms with Crippen molar-refractivity contribution >= 4 is 10.0 Å². The summed E-state index contributed by atoms with van der Waals surface area (Å²) in [5, 5.41) is 3.28. The first-order valence-electron chi connectivity index (χ1n) is 7.70. The van der Waals surface area contributed by atoms with Crippen molar-refractivity contribution in [3.05, 3.63) is 0 Å². The largest absolute Gasteiger partial charge is 0.314 e. The molecule has 0 aromatic carbocycles. The summed E-state index contributed by atoms with van der Waals surface area (Å²) in [6, 6.07) is 0.648. The molecule has 1 aliphatic heterocycles. The average molecular weight is 290 g/mol. The molecule has 19 heavy (non-hydrogen) atoms. The summed E-state index contributed by atoms with van der Waals surface area (Å²) >= 11 is 0. The molecule has 114 valence electrons. The van der Waals surface area contributed by atoms with E-state index in [2.05, 4.69) is 26.1 Å². The van der Waals surface area contributed by atoms with Crippen LogP contribution in [0.5, 0.6) is 0 Å². The molecule has 0 radical (unpaired) electrons. The minimum Gasteiger partial charge on any atom is -0.314 e. The third-order valence-corrected chi connectivity index (χ3v) is 5.78. The van der Waals surface area contributed by atoms with Gasteiger partial charge in [0.15, 0.2) is 0 Å². The van der Waals surface area contributed by atoms with Gasteiger partial charge in [-0.05, 0) is 32.2 Å². The minimum absolute atomic E-state index is 0.227. The van der Waals surface area contributed by atoms with Gasteiger partial charge in [0.2, 0.25) is 10.0 Å². The topological polar surface area (TPSA) is 49.4 Å². The lowest BCUT2D eigenvalue weighted by Gasteiger charge is -2.28. The van der Waals surface area contributed by atoms with Gasteiger partial charge < -0.3 is 5.32 Å². The van der Waals surface area contributed by atoms with Crippen LogP contribution in [0.25, 0.3) is 0 Å². The van der Waals surface area contributed by atoms with Crippen LogP contribution in [0.1, 0.15) is 59.3 Å². The van der Waals surface area contributed by atoms with Crippen molar-refractivity contribution in [1.82, 2.24) is 9.62 Å². The van der Waals surface area contributed by atoms with Gasteiger partial charge in [-0.2, -0.15) is 4.31 Å². The Bertz CT molecular complexity index is 341. The van der Waals surface area contributed by atoms with Crippen molar-refractivity contribution in [3.8, 4) is 0 Å². The molecule has 0 aromatic rings. The molecule has 0 spiro atoms. The van der Waals surface area contributed by atoms with E-state index >= 15 is 0 Å². The Morgan fingerprint density at radius 1 is 1.26 bits per heavy atom. The van der Waals surface area contributed by atoms with Crippen molar-refractivity contribution in [2.75, 3.05) is 18.8 Å². The number of sulfonamides is 1. The number of rotatable bonds is 7. The SMILES string of the molecule is CCC1CCCCCN1S(=O)(=O)CCCNC(C)C. The number of hydrogen-bond donors (Lipinski definition) is 1. The molecule has 1 fully saturated rings. The van der Waals surface area contributed by atoms with E-state index in [-0.39, 0.29) is 11.8 Å². The Labute approximate surface area is 119 Å². The molecule has 1 heterocycles. The van der Waals surface area contributed by atoms with Crippen LogP contribution < -0.4 is 5.32 Å². The van der Waals surface area contributed by atoms with E-state index in [1.54, 1.807) is 4.31 Å². The van der Waals surface area contributed by atoms with Crippen LogP contribution in [0.4, 0.5) is 0 Å². The van der Waals surface area contributed by atoms with E-state index in [1.165, 1.54) is 6.42 Å². The average Bonchev–Trinajstić information content (AvgIpc) is 2.59. The molecule has 0 bridgehead atoms. The van der Waals surface area contributed by atoms with Gasteiger partial charge in [0, 0.05) is 18.6 Å². The summed E-state index contributed by atoms with van der Waals surface area (Å²) < 4.78 is 26.7. The van der Waals surface area contributed by atoms with E-state index in [0.717, 1.165) is 38.8 Å². The molecule has 1 N–H and O–H groups in total. The van der Waals surface area contributed by atoms with E-state index in [4.69, 9.17) is 0 Å². The lowest BCUT2D eigenvalue weighted by atomic mass is 10.1. The van der Waals surface area contributed by atoms with Gasteiger partial charge >= 0.3 is 0 Å². The van der Waals surface area contributed by atoms with Crippen LogP contribution in [0.15, 0.2) is 0 Å². The smallest absolute Gasteiger partial charge is 0.214 e. The van der Waals surface area contributed by atoms with Gasteiger partial charge in [-0.1, -0.05) is 33.6 Å². The Kier molecular flexibility index (Phi) is 7.32. The fourth-order valence-electron chi connectivity index (χ4n) is 2.69. The molecule has 0 saturated carbocycles. The zero-order chi connectivity index (χ0) is 14.3. The highest BCUT2D eigenvalue weighted by Gasteiger charge is 2.29. The number of hydrogen-bond acceptors (Lipinski definition) is 3. The Balaban J connectivity index is 2.53. The highest BCUT2D eigenvalue weighted by atomic mass is 32.2. The van der Waals surface area contributed by atoms with E-state index < -0.39 is 10.0 Å². The second kappa shape index (κ2) is 8.22. The summed E-state index contributed by atoms with van der Waals surface area (Å²) in [7, 11) is -3.07. The number of nitrogens with one attached hydrogen (secondary N) is 1. The van der Waals surface area contributed by atoms with Crippen LogP contribution in [0.2, 0.25) is 0 Å². The molecule has 1 saturated heterocycles. The van der Waals surface area contributed by atoms with Crippen molar-refractivity contribution < 1.29 is 8.42 Å². The van der Waals surface area contributed by atoms with Crippen LogP contribution in [-0.4, -0.2) is 43.6 Å². The van der Waals surface area contributed by atoms with Gasteiger partial charge in [-0.25, -0.2) is 8.42 Å². The van der Waals surface area contributed by atoms with Gasteiger partial charge in [0.05, 0.1) is 5.75 Å². The highest BCUT2D eigenvalue weighted by molar-refractivity contribution is 7.89. The second-order valence-electron chi connectivity index (χ2n) is 5.80. The molecule has 1 aliphatic rings. The molecule has 1 atom stereocenters. The summed E-state index contributed by atoms with van der Waals surface area (Å²) in [6.07, 6.45) is 6.01. The molecular formula is C14H30N2O2S. The molecule has 0 aliphatic carbocycles. The minimum atomic E-state index is -3.07. The summed E-state index contributed by atoms with van der Waals surface area (Å²) in [4.78, 5) is 0. The van der Waals surface area contributed by atoms with Crippen molar-refractivity contribution in [3.63, 3.8) is 0 Å². The Morgan fingerprint density at radius 3 is 2.63 bits per heavy atom. The molecule has 4 nitrogen and oxygen atoms in total. The summed E-state index contributed by atoms with van der Waals surface area (Å²) in [6.45, 7) is 7.76. The van der Waals surface area contributed by atoms with Crippen LogP contribution in [-0.2, 0) is 10.0 Å². The number of nitrogens with zero attached hydrogens (tertiary/aromatic N) is 1. The van der Waals surface area contributed by atoms with Gasteiger partial charge in [0.1, 0.15) is 0 Å². The molecule has 5 heteroatoms. The maximum absolute atomic E-state index is 12.5. The molecule has 0 aromatic heterocycles.